The lowest BCUT2D eigenvalue weighted by Gasteiger charge is -2.31. The van der Waals surface area contributed by atoms with E-state index in [1.807, 2.05) is 0 Å². The molecule has 0 unspecified atom stereocenters. The zero-order chi connectivity index (χ0) is 15.2. The van der Waals surface area contributed by atoms with Crippen LogP contribution in [0.5, 0.6) is 0 Å². The van der Waals surface area contributed by atoms with Crippen LogP contribution in [0.3, 0.4) is 0 Å². The normalized spacial score (nSPS) is 17.4. The molecule has 0 spiro atoms. The molecule has 2 rings (SSSR count). The van der Waals surface area contributed by atoms with Gasteiger partial charge in [-0.25, -0.2) is 4.98 Å². The first-order valence-corrected chi connectivity index (χ1v) is 7.66. The highest BCUT2D eigenvalue weighted by Crippen LogP contribution is 2.28. The van der Waals surface area contributed by atoms with E-state index in [0.29, 0.717) is 22.6 Å². The third-order valence-electron chi connectivity index (χ3n) is 3.63. The number of halogens is 1. The van der Waals surface area contributed by atoms with E-state index in [0.717, 1.165) is 26.1 Å². The molecular weight excluding hydrogens is 342 g/mol. The second kappa shape index (κ2) is 7.67. The fraction of sp³-hybridized carbons (Fsp3) is 0.615. The van der Waals surface area contributed by atoms with E-state index in [2.05, 4.69) is 26.2 Å². The molecule has 8 heteroatoms. The summed E-state index contributed by atoms with van der Waals surface area (Å²) < 4.78 is 5.90. The zero-order valence-corrected chi connectivity index (χ0v) is 13.1. The van der Waals surface area contributed by atoms with Gasteiger partial charge in [0.2, 0.25) is 0 Å². The predicted molar refractivity (Wildman–Crippen MR) is 81.2 cm³/mol. The highest BCUT2D eigenvalue weighted by atomic mass is 79.9. The van der Waals surface area contributed by atoms with Crippen molar-refractivity contribution in [2.75, 3.05) is 25.1 Å². The van der Waals surface area contributed by atoms with Gasteiger partial charge in [0.05, 0.1) is 9.40 Å². The van der Waals surface area contributed by atoms with Gasteiger partial charge >= 0.3 is 0 Å². The number of anilines is 1. The topological polar surface area (TPSA) is 97.5 Å². The highest BCUT2D eigenvalue weighted by Gasteiger charge is 2.25. The summed E-state index contributed by atoms with van der Waals surface area (Å²) in [6.45, 7) is 1.53. The largest absolute Gasteiger partial charge is 0.396 e. The maximum atomic E-state index is 10.7. The van der Waals surface area contributed by atoms with Crippen molar-refractivity contribution in [2.45, 2.75) is 25.3 Å². The lowest BCUT2D eigenvalue weighted by atomic mass is 9.90. The van der Waals surface area contributed by atoms with Crippen LogP contribution in [0.15, 0.2) is 16.7 Å². The van der Waals surface area contributed by atoms with Gasteiger partial charge < -0.3 is 15.2 Å². The molecule has 1 atom stereocenters. The van der Waals surface area contributed by atoms with E-state index in [4.69, 9.17) is 4.74 Å². The van der Waals surface area contributed by atoms with Gasteiger partial charge in [0.15, 0.2) is 0 Å². The summed E-state index contributed by atoms with van der Waals surface area (Å²) in [5, 5.41) is 23.2. The minimum absolute atomic E-state index is 0.0581. The van der Waals surface area contributed by atoms with Crippen LogP contribution < -0.4 is 5.32 Å². The Morgan fingerprint density at radius 3 is 2.86 bits per heavy atom. The smallest absolute Gasteiger partial charge is 0.288 e. The van der Waals surface area contributed by atoms with Crippen molar-refractivity contribution < 1.29 is 14.8 Å². The standard InChI is InChI=1S/C13H18BrN3O4/c14-11-7-10(17(19)20)8-15-13(11)16-12(1-4-18)9-2-5-21-6-3-9/h7-9,12,18H,1-6H2,(H,15,16)/t12-/m1/s1. The summed E-state index contributed by atoms with van der Waals surface area (Å²) in [5.74, 6) is 0.959. The van der Waals surface area contributed by atoms with E-state index in [1.165, 1.54) is 12.3 Å². The molecule has 0 radical (unpaired) electrons. The van der Waals surface area contributed by atoms with Crippen LogP contribution in [0, 0.1) is 16.0 Å². The van der Waals surface area contributed by atoms with Gasteiger partial charge in [-0.05, 0) is 41.1 Å². The van der Waals surface area contributed by atoms with Gasteiger partial charge in [-0.2, -0.15) is 0 Å². The molecular formula is C13H18BrN3O4. The van der Waals surface area contributed by atoms with Crippen LogP contribution in [0.1, 0.15) is 19.3 Å². The second-order valence-electron chi connectivity index (χ2n) is 4.99. The maximum absolute atomic E-state index is 10.7. The Bertz CT molecular complexity index is 494. The molecule has 1 aromatic heterocycles. The van der Waals surface area contributed by atoms with Crippen LogP contribution in [-0.4, -0.2) is 40.9 Å². The summed E-state index contributed by atoms with van der Waals surface area (Å²) in [7, 11) is 0. The van der Waals surface area contributed by atoms with Crippen LogP contribution >= 0.6 is 15.9 Å². The highest BCUT2D eigenvalue weighted by molar-refractivity contribution is 9.10. The molecule has 0 bridgehead atoms. The number of aliphatic hydroxyl groups is 1. The number of hydrogen-bond acceptors (Lipinski definition) is 6. The number of ether oxygens (including phenoxy) is 1. The molecule has 7 nitrogen and oxygen atoms in total. The van der Waals surface area contributed by atoms with Gasteiger partial charge in [0, 0.05) is 31.9 Å². The van der Waals surface area contributed by atoms with E-state index >= 15 is 0 Å². The van der Waals surface area contributed by atoms with Crippen LogP contribution in [0.25, 0.3) is 0 Å². The lowest BCUT2D eigenvalue weighted by Crippen LogP contribution is -2.34. The third-order valence-corrected chi connectivity index (χ3v) is 4.24. The molecule has 1 aromatic rings. The monoisotopic (exact) mass is 359 g/mol. The van der Waals surface area contributed by atoms with Crippen LogP contribution in [0.4, 0.5) is 11.5 Å². The SMILES string of the molecule is O=[N+]([O-])c1cnc(N[C@H](CCO)C2CCOCC2)c(Br)c1. The van der Waals surface area contributed by atoms with Crippen molar-refractivity contribution in [1.29, 1.82) is 0 Å². The zero-order valence-electron chi connectivity index (χ0n) is 11.5. The van der Waals surface area contributed by atoms with E-state index in [1.54, 1.807) is 0 Å². The van der Waals surface area contributed by atoms with Crippen LogP contribution in [-0.2, 0) is 4.74 Å². The van der Waals surface area contributed by atoms with Crippen molar-refractivity contribution in [1.82, 2.24) is 4.98 Å². The van der Waals surface area contributed by atoms with E-state index < -0.39 is 4.92 Å². The Balaban J connectivity index is 2.10. The number of aromatic nitrogens is 1. The van der Waals surface area contributed by atoms with E-state index in [9.17, 15) is 15.2 Å². The van der Waals surface area contributed by atoms with Gasteiger partial charge in [-0.1, -0.05) is 0 Å². The number of pyridine rings is 1. The summed E-state index contributed by atoms with van der Waals surface area (Å²) in [6.07, 6.45) is 3.70. The van der Waals surface area contributed by atoms with Gasteiger partial charge in [-0.3, -0.25) is 10.1 Å². The van der Waals surface area contributed by atoms with Crippen LogP contribution in [0.2, 0.25) is 0 Å². The average Bonchev–Trinajstić information content (AvgIpc) is 2.49. The Kier molecular flexibility index (Phi) is 5.89. The van der Waals surface area contributed by atoms with Crippen molar-refractivity contribution in [3.63, 3.8) is 0 Å². The van der Waals surface area contributed by atoms with E-state index in [-0.39, 0.29) is 18.3 Å². The first-order valence-electron chi connectivity index (χ1n) is 6.87. The summed E-state index contributed by atoms with van der Waals surface area (Å²) >= 11 is 3.30. The second-order valence-corrected chi connectivity index (χ2v) is 5.85. The first-order chi connectivity index (χ1) is 10.1. The first kappa shape index (κ1) is 16.1. The van der Waals surface area contributed by atoms with Crippen molar-refractivity contribution in [3.8, 4) is 0 Å². The minimum atomic E-state index is -0.481. The number of nitrogens with zero attached hydrogens (tertiary/aromatic N) is 2. The Hall–Kier alpha value is -1.25. The molecule has 0 amide bonds. The summed E-state index contributed by atoms with van der Waals surface area (Å²) in [4.78, 5) is 14.3. The number of nitro groups is 1. The van der Waals surface area contributed by atoms with Gasteiger partial charge in [0.1, 0.15) is 12.0 Å². The average molecular weight is 360 g/mol. The molecule has 1 saturated heterocycles. The minimum Gasteiger partial charge on any atom is -0.396 e. The molecule has 2 N–H and O–H groups in total. The number of hydrogen-bond donors (Lipinski definition) is 2. The lowest BCUT2D eigenvalue weighted by molar-refractivity contribution is -0.385. The van der Waals surface area contributed by atoms with Crippen molar-refractivity contribution >= 4 is 27.4 Å². The van der Waals surface area contributed by atoms with Gasteiger partial charge in [0.25, 0.3) is 5.69 Å². The molecule has 1 aliphatic heterocycles. The number of rotatable bonds is 6. The van der Waals surface area contributed by atoms with Crippen molar-refractivity contribution in [2.24, 2.45) is 5.92 Å². The molecule has 0 saturated carbocycles. The Morgan fingerprint density at radius 2 is 2.29 bits per heavy atom. The quantitative estimate of drug-likeness (QED) is 0.597. The molecule has 116 valence electrons. The predicted octanol–water partition coefficient (Wildman–Crippen LogP) is 2.34. The molecule has 2 heterocycles. The number of aliphatic hydroxyl groups excluding tert-OH is 1. The summed E-state index contributed by atoms with van der Waals surface area (Å²) in [6, 6.07) is 1.50. The third kappa shape index (κ3) is 4.36. The molecule has 1 fully saturated rings. The molecule has 0 aromatic carbocycles. The molecule has 21 heavy (non-hydrogen) atoms. The van der Waals surface area contributed by atoms with Crippen molar-refractivity contribution in [3.05, 3.63) is 26.9 Å². The number of nitrogens with one attached hydrogen (secondary N) is 1. The summed E-state index contributed by atoms with van der Waals surface area (Å²) in [5.41, 5.74) is -0.0581. The molecule has 1 aliphatic rings. The fourth-order valence-electron chi connectivity index (χ4n) is 2.49. The Morgan fingerprint density at radius 1 is 1.57 bits per heavy atom. The maximum Gasteiger partial charge on any atom is 0.288 e. The molecule has 0 aliphatic carbocycles. The van der Waals surface area contributed by atoms with Gasteiger partial charge in [-0.15, -0.1) is 0 Å². The Labute approximate surface area is 131 Å². The fourth-order valence-corrected chi connectivity index (χ4v) is 2.94.